The first-order chi connectivity index (χ1) is 8.24. The highest BCUT2D eigenvalue weighted by atomic mass is 15.3. The second-order valence-corrected chi connectivity index (χ2v) is 5.84. The van der Waals surface area contributed by atoms with Gasteiger partial charge in [0.05, 0.1) is 0 Å². The van der Waals surface area contributed by atoms with Gasteiger partial charge in [0.25, 0.3) is 0 Å². The van der Waals surface area contributed by atoms with Crippen molar-refractivity contribution in [3.05, 3.63) is 11.6 Å². The Morgan fingerprint density at radius 2 is 1.88 bits per heavy atom. The van der Waals surface area contributed by atoms with E-state index in [9.17, 15) is 0 Å². The lowest BCUT2D eigenvalue weighted by Gasteiger charge is -2.28. The van der Waals surface area contributed by atoms with Crippen LogP contribution in [-0.4, -0.2) is 20.8 Å². The Bertz CT molecular complexity index is 390. The van der Waals surface area contributed by atoms with Crippen LogP contribution >= 0.6 is 0 Å². The van der Waals surface area contributed by atoms with E-state index in [-0.39, 0.29) is 0 Å². The molecule has 2 heterocycles. The summed E-state index contributed by atoms with van der Waals surface area (Å²) in [6, 6.07) is 0.291. The minimum atomic E-state index is 0.291. The first kappa shape index (κ1) is 11.2. The van der Waals surface area contributed by atoms with Crippen molar-refractivity contribution in [3.63, 3.8) is 0 Å². The molecule has 1 aliphatic heterocycles. The summed E-state index contributed by atoms with van der Waals surface area (Å²) in [5.41, 5.74) is 6.05. The Morgan fingerprint density at radius 3 is 2.65 bits per heavy atom. The number of nitrogens with two attached hydrogens (primary N) is 1. The molecule has 1 aromatic heterocycles. The van der Waals surface area contributed by atoms with Crippen molar-refractivity contribution < 1.29 is 0 Å². The van der Waals surface area contributed by atoms with Gasteiger partial charge in [-0.05, 0) is 25.2 Å². The average molecular weight is 234 g/mol. The second kappa shape index (κ2) is 4.41. The van der Waals surface area contributed by atoms with Gasteiger partial charge in [0.2, 0.25) is 0 Å². The van der Waals surface area contributed by atoms with Crippen molar-refractivity contribution in [3.8, 4) is 0 Å². The van der Waals surface area contributed by atoms with Gasteiger partial charge in [-0.15, -0.1) is 10.2 Å². The zero-order valence-electron chi connectivity index (χ0n) is 10.6. The fraction of sp³-hybridized carbons (Fsp3) is 0.846. The summed E-state index contributed by atoms with van der Waals surface area (Å²) in [6.07, 6.45) is 7.26. The van der Waals surface area contributed by atoms with Gasteiger partial charge in [-0.1, -0.05) is 19.8 Å². The zero-order chi connectivity index (χ0) is 11.8. The number of rotatable bonds is 1. The standard InChI is InChI=1S/C13H22N4/c1-9-2-4-10(5-3-9)13-16-15-12-7-6-11(14)8-17(12)13/h9-11H,2-8,14H2,1H3. The van der Waals surface area contributed by atoms with Crippen LogP contribution in [0, 0.1) is 5.92 Å². The van der Waals surface area contributed by atoms with Crippen LogP contribution in [-0.2, 0) is 13.0 Å². The van der Waals surface area contributed by atoms with E-state index in [2.05, 4.69) is 21.7 Å². The van der Waals surface area contributed by atoms with Crippen molar-refractivity contribution in [2.75, 3.05) is 0 Å². The molecule has 4 heteroatoms. The number of hydrogen-bond acceptors (Lipinski definition) is 3. The molecule has 3 rings (SSSR count). The molecule has 0 radical (unpaired) electrons. The quantitative estimate of drug-likeness (QED) is 0.806. The molecular weight excluding hydrogens is 212 g/mol. The number of nitrogens with zero attached hydrogens (tertiary/aromatic N) is 3. The minimum Gasteiger partial charge on any atom is -0.326 e. The van der Waals surface area contributed by atoms with Gasteiger partial charge in [-0.2, -0.15) is 0 Å². The maximum Gasteiger partial charge on any atom is 0.136 e. The van der Waals surface area contributed by atoms with Crippen molar-refractivity contribution in [1.29, 1.82) is 0 Å². The largest absolute Gasteiger partial charge is 0.326 e. The molecule has 0 aromatic carbocycles. The van der Waals surface area contributed by atoms with E-state index in [0.717, 1.165) is 31.1 Å². The molecule has 4 nitrogen and oxygen atoms in total. The molecule has 0 amide bonds. The SMILES string of the molecule is CC1CCC(c2nnc3n2CC(N)CC3)CC1. The summed E-state index contributed by atoms with van der Waals surface area (Å²) in [5.74, 6) is 3.87. The number of aryl methyl sites for hydroxylation is 1. The molecule has 94 valence electrons. The Labute approximate surface area is 103 Å². The molecule has 2 aliphatic rings. The van der Waals surface area contributed by atoms with E-state index in [1.165, 1.54) is 31.5 Å². The maximum absolute atomic E-state index is 6.05. The molecule has 0 saturated heterocycles. The van der Waals surface area contributed by atoms with E-state index >= 15 is 0 Å². The van der Waals surface area contributed by atoms with Gasteiger partial charge >= 0.3 is 0 Å². The third-order valence-electron chi connectivity index (χ3n) is 4.39. The molecular formula is C13H22N4. The van der Waals surface area contributed by atoms with Crippen molar-refractivity contribution in [2.45, 2.75) is 64.0 Å². The van der Waals surface area contributed by atoms with Crippen LogP contribution in [0.25, 0.3) is 0 Å². The Balaban J connectivity index is 1.81. The number of hydrogen-bond donors (Lipinski definition) is 1. The van der Waals surface area contributed by atoms with Gasteiger partial charge in [-0.25, -0.2) is 0 Å². The van der Waals surface area contributed by atoms with Gasteiger partial charge in [0.15, 0.2) is 0 Å². The van der Waals surface area contributed by atoms with Gasteiger partial charge in [-0.3, -0.25) is 0 Å². The Kier molecular flexibility index (Phi) is 2.90. The van der Waals surface area contributed by atoms with Crippen LogP contribution in [0.1, 0.15) is 56.6 Å². The van der Waals surface area contributed by atoms with Crippen molar-refractivity contribution >= 4 is 0 Å². The molecule has 0 bridgehead atoms. The van der Waals surface area contributed by atoms with Gasteiger partial charge in [0.1, 0.15) is 11.6 Å². The molecule has 1 saturated carbocycles. The highest BCUT2D eigenvalue weighted by molar-refractivity contribution is 5.06. The minimum absolute atomic E-state index is 0.291. The van der Waals surface area contributed by atoms with E-state index in [1.54, 1.807) is 0 Å². The number of fused-ring (bicyclic) bond motifs is 1. The van der Waals surface area contributed by atoms with E-state index in [1.807, 2.05) is 0 Å². The normalized spacial score (nSPS) is 33.4. The highest BCUT2D eigenvalue weighted by Gasteiger charge is 2.27. The lowest BCUT2D eigenvalue weighted by molar-refractivity contribution is 0.327. The number of aromatic nitrogens is 3. The van der Waals surface area contributed by atoms with Crippen molar-refractivity contribution in [2.24, 2.45) is 11.7 Å². The zero-order valence-corrected chi connectivity index (χ0v) is 10.6. The van der Waals surface area contributed by atoms with Crippen LogP contribution in [0.3, 0.4) is 0 Å². The predicted octanol–water partition coefficient (Wildman–Crippen LogP) is 1.85. The molecule has 1 aromatic rings. The first-order valence-corrected chi connectivity index (χ1v) is 6.91. The fourth-order valence-electron chi connectivity index (χ4n) is 3.19. The van der Waals surface area contributed by atoms with E-state index < -0.39 is 0 Å². The van der Waals surface area contributed by atoms with E-state index in [0.29, 0.717) is 12.0 Å². The van der Waals surface area contributed by atoms with Gasteiger partial charge < -0.3 is 10.3 Å². The lowest BCUT2D eigenvalue weighted by Crippen LogP contribution is -2.33. The van der Waals surface area contributed by atoms with Crippen LogP contribution in [0.5, 0.6) is 0 Å². The van der Waals surface area contributed by atoms with Crippen LogP contribution < -0.4 is 5.73 Å². The molecule has 0 spiro atoms. The highest BCUT2D eigenvalue weighted by Crippen LogP contribution is 2.35. The monoisotopic (exact) mass is 234 g/mol. The summed E-state index contributed by atoms with van der Waals surface area (Å²) >= 11 is 0. The van der Waals surface area contributed by atoms with Gasteiger partial charge in [0, 0.05) is 24.9 Å². The van der Waals surface area contributed by atoms with E-state index in [4.69, 9.17) is 5.73 Å². The molecule has 1 fully saturated rings. The molecule has 2 N–H and O–H groups in total. The molecule has 1 atom stereocenters. The first-order valence-electron chi connectivity index (χ1n) is 6.91. The summed E-state index contributed by atoms with van der Waals surface area (Å²) in [6.45, 7) is 3.27. The second-order valence-electron chi connectivity index (χ2n) is 5.84. The molecule has 1 aliphatic carbocycles. The maximum atomic E-state index is 6.05. The third-order valence-corrected chi connectivity index (χ3v) is 4.39. The summed E-state index contributed by atoms with van der Waals surface area (Å²) in [5, 5.41) is 8.78. The molecule has 17 heavy (non-hydrogen) atoms. The van der Waals surface area contributed by atoms with Crippen molar-refractivity contribution in [1.82, 2.24) is 14.8 Å². The summed E-state index contributed by atoms with van der Waals surface area (Å²) in [4.78, 5) is 0. The average Bonchev–Trinajstić information content (AvgIpc) is 2.73. The third kappa shape index (κ3) is 2.10. The summed E-state index contributed by atoms with van der Waals surface area (Å²) < 4.78 is 2.30. The van der Waals surface area contributed by atoms with Crippen LogP contribution in [0.4, 0.5) is 0 Å². The topological polar surface area (TPSA) is 56.7 Å². The Morgan fingerprint density at radius 1 is 1.12 bits per heavy atom. The smallest absolute Gasteiger partial charge is 0.136 e. The van der Waals surface area contributed by atoms with Crippen LogP contribution in [0.15, 0.2) is 0 Å². The lowest BCUT2D eigenvalue weighted by atomic mass is 9.82. The predicted molar refractivity (Wildman–Crippen MR) is 66.7 cm³/mol. The Hall–Kier alpha value is -0.900. The molecule has 1 unspecified atom stereocenters. The summed E-state index contributed by atoms with van der Waals surface area (Å²) in [7, 11) is 0. The fourth-order valence-corrected chi connectivity index (χ4v) is 3.19. The van der Waals surface area contributed by atoms with Crippen LogP contribution in [0.2, 0.25) is 0 Å².